The Kier molecular flexibility index (Phi) is 4.91. The molecule has 0 saturated heterocycles. The SMILES string of the molecule is CC(=O)OCC[C@H]1CC[C@H]2[C@@H]3CC[C@H]4C[C@H](O)CC[C@]4(C)[C@H]3CC[C@]12C. The van der Waals surface area contributed by atoms with Crippen LogP contribution >= 0.6 is 0 Å². The first kappa shape index (κ1) is 18.8. The molecule has 4 rings (SSSR count). The summed E-state index contributed by atoms with van der Waals surface area (Å²) in [6, 6.07) is 0. The third kappa shape index (κ3) is 2.93. The minimum absolute atomic E-state index is 0.0457. The molecular weight excluding hydrogens is 324 g/mol. The molecule has 4 aliphatic carbocycles. The Labute approximate surface area is 159 Å². The molecule has 4 saturated carbocycles. The number of aliphatic hydroxyl groups excluding tert-OH is 1. The van der Waals surface area contributed by atoms with Crippen LogP contribution in [0.25, 0.3) is 0 Å². The molecule has 0 bridgehead atoms. The molecule has 0 radical (unpaired) electrons. The molecule has 0 spiro atoms. The van der Waals surface area contributed by atoms with Crippen molar-refractivity contribution in [1.29, 1.82) is 0 Å². The van der Waals surface area contributed by atoms with Gasteiger partial charge < -0.3 is 9.84 Å². The van der Waals surface area contributed by atoms with Gasteiger partial charge in [0.05, 0.1) is 12.7 Å². The van der Waals surface area contributed by atoms with E-state index in [0.717, 1.165) is 48.9 Å². The molecule has 0 aliphatic heterocycles. The lowest BCUT2D eigenvalue weighted by Gasteiger charge is -2.61. The number of fused-ring (bicyclic) bond motifs is 5. The van der Waals surface area contributed by atoms with Crippen LogP contribution in [0.2, 0.25) is 0 Å². The Morgan fingerprint density at radius 2 is 1.73 bits per heavy atom. The van der Waals surface area contributed by atoms with Crippen molar-refractivity contribution in [2.45, 2.75) is 91.1 Å². The van der Waals surface area contributed by atoms with Crippen molar-refractivity contribution < 1.29 is 14.6 Å². The zero-order valence-corrected chi connectivity index (χ0v) is 17.0. The molecule has 148 valence electrons. The van der Waals surface area contributed by atoms with Crippen LogP contribution in [0.15, 0.2) is 0 Å². The highest BCUT2D eigenvalue weighted by molar-refractivity contribution is 5.65. The molecule has 0 heterocycles. The van der Waals surface area contributed by atoms with Gasteiger partial charge in [-0.1, -0.05) is 13.8 Å². The van der Waals surface area contributed by atoms with Crippen molar-refractivity contribution in [3.05, 3.63) is 0 Å². The van der Waals surface area contributed by atoms with Gasteiger partial charge in [0.15, 0.2) is 0 Å². The van der Waals surface area contributed by atoms with Gasteiger partial charge in [-0.2, -0.15) is 0 Å². The molecule has 1 N–H and O–H groups in total. The van der Waals surface area contributed by atoms with E-state index in [-0.39, 0.29) is 12.1 Å². The van der Waals surface area contributed by atoms with E-state index in [2.05, 4.69) is 13.8 Å². The van der Waals surface area contributed by atoms with Crippen molar-refractivity contribution in [2.75, 3.05) is 6.61 Å². The summed E-state index contributed by atoms with van der Waals surface area (Å²) in [4.78, 5) is 11.1. The average molecular weight is 363 g/mol. The summed E-state index contributed by atoms with van der Waals surface area (Å²) in [6.07, 6.45) is 12.5. The summed E-state index contributed by atoms with van der Waals surface area (Å²) in [5, 5.41) is 10.2. The summed E-state index contributed by atoms with van der Waals surface area (Å²) >= 11 is 0. The molecule has 8 atom stereocenters. The zero-order chi connectivity index (χ0) is 18.5. The average Bonchev–Trinajstić information content (AvgIpc) is 2.92. The summed E-state index contributed by atoms with van der Waals surface area (Å²) in [5.41, 5.74) is 0.929. The van der Waals surface area contributed by atoms with Gasteiger partial charge in [0.1, 0.15) is 0 Å². The van der Waals surface area contributed by atoms with Gasteiger partial charge in [-0.25, -0.2) is 0 Å². The maximum atomic E-state index is 11.1. The number of carbonyl (C=O) groups is 1. The Morgan fingerprint density at radius 3 is 2.50 bits per heavy atom. The number of esters is 1. The van der Waals surface area contributed by atoms with E-state index >= 15 is 0 Å². The Hall–Kier alpha value is -0.570. The highest BCUT2D eigenvalue weighted by Crippen LogP contribution is 2.67. The van der Waals surface area contributed by atoms with Gasteiger partial charge in [0.2, 0.25) is 0 Å². The maximum absolute atomic E-state index is 11.1. The fourth-order valence-electron chi connectivity index (χ4n) is 8.16. The topological polar surface area (TPSA) is 46.5 Å². The lowest BCUT2D eigenvalue weighted by molar-refractivity contribution is -0.142. The third-order valence-electron chi connectivity index (χ3n) is 9.61. The molecule has 0 amide bonds. The van der Waals surface area contributed by atoms with Crippen molar-refractivity contribution in [3.8, 4) is 0 Å². The Bertz CT molecular complexity index is 546. The fraction of sp³-hybridized carbons (Fsp3) is 0.957. The lowest BCUT2D eigenvalue weighted by atomic mass is 9.44. The second-order valence-electron chi connectivity index (χ2n) is 10.5. The molecule has 0 aromatic carbocycles. The Balaban J connectivity index is 1.48. The van der Waals surface area contributed by atoms with Crippen LogP contribution in [0.3, 0.4) is 0 Å². The number of carbonyl (C=O) groups excluding carboxylic acids is 1. The summed E-state index contributed by atoms with van der Waals surface area (Å²) < 4.78 is 5.27. The van der Waals surface area contributed by atoms with E-state index in [4.69, 9.17) is 4.74 Å². The van der Waals surface area contributed by atoms with E-state index in [1.807, 2.05) is 0 Å². The smallest absolute Gasteiger partial charge is 0.302 e. The summed E-state index contributed by atoms with van der Waals surface area (Å²) in [6.45, 7) is 7.24. The monoisotopic (exact) mass is 362 g/mol. The van der Waals surface area contributed by atoms with E-state index < -0.39 is 0 Å². The maximum Gasteiger partial charge on any atom is 0.302 e. The highest BCUT2D eigenvalue weighted by atomic mass is 16.5. The van der Waals surface area contributed by atoms with Gasteiger partial charge in [0, 0.05) is 6.92 Å². The van der Waals surface area contributed by atoms with Crippen molar-refractivity contribution in [2.24, 2.45) is 40.4 Å². The van der Waals surface area contributed by atoms with E-state index in [1.54, 1.807) is 0 Å². The van der Waals surface area contributed by atoms with Gasteiger partial charge in [-0.15, -0.1) is 0 Å². The van der Waals surface area contributed by atoms with Crippen LogP contribution in [0.4, 0.5) is 0 Å². The van der Waals surface area contributed by atoms with Crippen LogP contribution in [0.5, 0.6) is 0 Å². The van der Waals surface area contributed by atoms with Gasteiger partial charge in [-0.05, 0) is 105 Å². The van der Waals surface area contributed by atoms with E-state index in [1.165, 1.54) is 51.9 Å². The van der Waals surface area contributed by atoms with Crippen molar-refractivity contribution in [3.63, 3.8) is 0 Å². The first-order chi connectivity index (χ1) is 12.3. The van der Waals surface area contributed by atoms with E-state index in [0.29, 0.717) is 17.4 Å². The van der Waals surface area contributed by atoms with E-state index in [9.17, 15) is 9.90 Å². The second kappa shape index (κ2) is 6.79. The minimum Gasteiger partial charge on any atom is -0.466 e. The predicted octanol–water partition coefficient (Wildman–Crippen LogP) is 4.96. The molecule has 3 heteroatoms. The van der Waals surface area contributed by atoms with Gasteiger partial charge >= 0.3 is 5.97 Å². The molecule has 0 aromatic heterocycles. The van der Waals surface area contributed by atoms with Gasteiger partial charge in [-0.3, -0.25) is 4.79 Å². The Morgan fingerprint density at radius 1 is 1.00 bits per heavy atom. The second-order valence-corrected chi connectivity index (χ2v) is 10.5. The minimum atomic E-state index is -0.140. The number of ether oxygens (including phenoxy) is 1. The normalized spacial score (nSPS) is 50.5. The zero-order valence-electron chi connectivity index (χ0n) is 17.0. The first-order valence-electron chi connectivity index (χ1n) is 11.2. The molecule has 4 aliphatic rings. The van der Waals surface area contributed by atoms with Gasteiger partial charge in [0.25, 0.3) is 0 Å². The molecule has 3 nitrogen and oxygen atoms in total. The molecule has 26 heavy (non-hydrogen) atoms. The van der Waals surface area contributed by atoms with Crippen LogP contribution in [-0.2, 0) is 9.53 Å². The van der Waals surface area contributed by atoms with Crippen LogP contribution in [-0.4, -0.2) is 23.8 Å². The predicted molar refractivity (Wildman–Crippen MR) is 102 cm³/mol. The summed E-state index contributed by atoms with van der Waals surface area (Å²) in [7, 11) is 0. The van der Waals surface area contributed by atoms with Crippen molar-refractivity contribution in [1.82, 2.24) is 0 Å². The molecule has 0 unspecified atom stereocenters. The van der Waals surface area contributed by atoms with Crippen LogP contribution < -0.4 is 0 Å². The largest absolute Gasteiger partial charge is 0.466 e. The molecular formula is C23H38O3. The summed E-state index contributed by atoms with van der Waals surface area (Å²) in [5.74, 6) is 3.97. The van der Waals surface area contributed by atoms with Crippen molar-refractivity contribution >= 4 is 5.97 Å². The van der Waals surface area contributed by atoms with Crippen LogP contribution in [0, 0.1) is 40.4 Å². The number of hydrogen-bond donors (Lipinski definition) is 1. The third-order valence-corrected chi connectivity index (χ3v) is 9.61. The lowest BCUT2D eigenvalue weighted by Crippen LogP contribution is -2.53. The molecule has 0 aromatic rings. The number of rotatable bonds is 3. The van der Waals surface area contributed by atoms with Crippen LogP contribution in [0.1, 0.15) is 85.0 Å². The quantitative estimate of drug-likeness (QED) is 0.722. The fourth-order valence-corrected chi connectivity index (χ4v) is 8.16. The molecule has 4 fully saturated rings. The standard InChI is InChI=1S/C23H38O3/c1-15(24)26-13-10-16-5-7-20-19-6-4-17-14-18(25)8-11-23(17,3)21(19)9-12-22(16,20)2/h16-21,25H,4-14H2,1-3H3/t16-,17+,18-,19+,20+,21+,22-,23+/m1/s1. The highest BCUT2D eigenvalue weighted by Gasteiger charge is 2.59. The number of hydrogen-bond acceptors (Lipinski definition) is 3. The number of aliphatic hydroxyl groups is 1. The first-order valence-corrected chi connectivity index (χ1v) is 11.2.